The summed E-state index contributed by atoms with van der Waals surface area (Å²) in [6.45, 7) is 4.02. The second-order valence-corrected chi connectivity index (χ2v) is 5.38. The molecule has 0 fully saturated rings. The number of nitrogens with two attached hydrogens (primary N) is 2. The Kier molecular flexibility index (Phi) is 3.85. The molecule has 6 heteroatoms. The predicted octanol–water partition coefficient (Wildman–Crippen LogP) is 1.84. The van der Waals surface area contributed by atoms with Gasteiger partial charge in [0.05, 0.1) is 17.2 Å². The summed E-state index contributed by atoms with van der Waals surface area (Å²) in [6, 6.07) is 5.34. The van der Waals surface area contributed by atoms with Gasteiger partial charge in [0.2, 0.25) is 0 Å². The van der Waals surface area contributed by atoms with Crippen LogP contribution in [0.4, 0.5) is 11.4 Å². The number of rotatable bonds is 4. The Hall–Kier alpha value is -1.82. The van der Waals surface area contributed by atoms with Crippen LogP contribution in [0.3, 0.4) is 0 Å². The molecule has 0 aromatic heterocycles. The maximum absolute atomic E-state index is 12.8. The number of para-hydroxylation sites is 1. The molecular weight excluding hydrogens is 274 g/mol. The Bertz CT molecular complexity index is 555. The number of carbonyl (C=O) groups excluding carboxylic acids is 1. The van der Waals surface area contributed by atoms with Crippen LogP contribution in [-0.2, 0) is 4.79 Å². The molecule has 1 amide bonds. The van der Waals surface area contributed by atoms with Gasteiger partial charge in [-0.2, -0.15) is 0 Å². The van der Waals surface area contributed by atoms with Gasteiger partial charge < -0.3 is 16.2 Å². The van der Waals surface area contributed by atoms with Gasteiger partial charge in [0.15, 0.2) is 5.60 Å². The summed E-state index contributed by atoms with van der Waals surface area (Å²) in [5.41, 5.74) is 11.8. The summed E-state index contributed by atoms with van der Waals surface area (Å²) in [5, 5.41) is 0. The lowest BCUT2D eigenvalue weighted by Gasteiger charge is -2.42. The molecule has 1 aliphatic heterocycles. The number of anilines is 2. The molecule has 20 heavy (non-hydrogen) atoms. The summed E-state index contributed by atoms with van der Waals surface area (Å²) in [5.74, 6) is 0.463. The van der Waals surface area contributed by atoms with E-state index in [1.165, 1.54) is 0 Å². The SMILES string of the molecule is CCC1(CC)Oc2cccc(N)c2N(CC(N)=S)C1=O. The number of ether oxygens (including phenoxy) is 1. The number of amides is 1. The number of fused-ring (bicyclic) bond motifs is 1. The Morgan fingerprint density at radius 3 is 2.60 bits per heavy atom. The lowest BCUT2D eigenvalue weighted by atomic mass is 9.92. The van der Waals surface area contributed by atoms with E-state index in [2.05, 4.69) is 0 Å². The molecule has 1 heterocycles. The average Bonchev–Trinajstić information content (AvgIpc) is 2.41. The zero-order valence-electron chi connectivity index (χ0n) is 11.7. The van der Waals surface area contributed by atoms with Crippen LogP contribution in [0.15, 0.2) is 18.2 Å². The van der Waals surface area contributed by atoms with Crippen LogP contribution in [-0.4, -0.2) is 23.0 Å². The van der Waals surface area contributed by atoms with Gasteiger partial charge in [-0.05, 0) is 25.0 Å². The van der Waals surface area contributed by atoms with Crippen LogP contribution in [0.25, 0.3) is 0 Å². The molecule has 0 spiro atoms. The van der Waals surface area contributed by atoms with Crippen molar-refractivity contribution in [3.8, 4) is 5.75 Å². The van der Waals surface area contributed by atoms with E-state index in [-0.39, 0.29) is 17.4 Å². The van der Waals surface area contributed by atoms with E-state index in [0.717, 1.165) is 0 Å². The van der Waals surface area contributed by atoms with Gasteiger partial charge in [0.1, 0.15) is 11.4 Å². The smallest absolute Gasteiger partial charge is 0.271 e. The van der Waals surface area contributed by atoms with Crippen molar-refractivity contribution in [2.45, 2.75) is 32.3 Å². The standard InChI is InChI=1S/C14H19N3O2S/c1-3-14(4-2)13(18)17(8-11(16)20)12-9(15)6-5-7-10(12)19-14/h5-7H,3-4,8,15H2,1-2H3,(H2,16,20). The maximum atomic E-state index is 12.8. The van der Waals surface area contributed by atoms with E-state index >= 15 is 0 Å². The van der Waals surface area contributed by atoms with Crippen LogP contribution in [0.5, 0.6) is 5.75 Å². The van der Waals surface area contributed by atoms with Gasteiger partial charge in [-0.1, -0.05) is 32.1 Å². The fraction of sp³-hybridized carbons (Fsp3) is 0.429. The average molecular weight is 293 g/mol. The number of benzene rings is 1. The number of nitrogens with zero attached hydrogens (tertiary/aromatic N) is 1. The van der Waals surface area contributed by atoms with Gasteiger partial charge in [-0.15, -0.1) is 0 Å². The monoisotopic (exact) mass is 293 g/mol. The van der Waals surface area contributed by atoms with Crippen molar-refractivity contribution >= 4 is 34.5 Å². The molecular formula is C14H19N3O2S. The Morgan fingerprint density at radius 1 is 1.40 bits per heavy atom. The van der Waals surface area contributed by atoms with Crippen molar-refractivity contribution in [2.24, 2.45) is 5.73 Å². The van der Waals surface area contributed by atoms with E-state index < -0.39 is 5.60 Å². The van der Waals surface area contributed by atoms with Crippen LogP contribution >= 0.6 is 12.2 Å². The fourth-order valence-electron chi connectivity index (χ4n) is 2.52. The minimum Gasteiger partial charge on any atom is -0.475 e. The van der Waals surface area contributed by atoms with E-state index in [9.17, 15) is 4.79 Å². The topological polar surface area (TPSA) is 81.6 Å². The van der Waals surface area contributed by atoms with Crippen molar-refractivity contribution in [3.05, 3.63) is 18.2 Å². The number of nitrogen functional groups attached to an aromatic ring is 1. The van der Waals surface area contributed by atoms with Crippen LogP contribution in [0.1, 0.15) is 26.7 Å². The predicted molar refractivity (Wildman–Crippen MR) is 83.9 cm³/mol. The lowest BCUT2D eigenvalue weighted by Crippen LogP contribution is -2.57. The van der Waals surface area contributed by atoms with E-state index in [4.69, 9.17) is 28.4 Å². The second-order valence-electron chi connectivity index (χ2n) is 4.86. The van der Waals surface area contributed by atoms with E-state index in [1.54, 1.807) is 17.0 Å². The van der Waals surface area contributed by atoms with E-state index in [1.807, 2.05) is 19.9 Å². The third-order valence-corrected chi connectivity index (χ3v) is 3.83. The number of thiocarbonyl (C=S) groups is 1. The summed E-state index contributed by atoms with van der Waals surface area (Å²) in [4.78, 5) is 14.6. The molecule has 1 aromatic rings. The van der Waals surface area contributed by atoms with E-state index in [0.29, 0.717) is 30.0 Å². The quantitative estimate of drug-likeness (QED) is 0.654. The first-order valence-electron chi connectivity index (χ1n) is 6.63. The highest BCUT2D eigenvalue weighted by Gasteiger charge is 2.46. The van der Waals surface area contributed by atoms with Crippen molar-refractivity contribution in [3.63, 3.8) is 0 Å². The molecule has 0 radical (unpaired) electrons. The van der Waals surface area contributed by atoms with Crippen molar-refractivity contribution < 1.29 is 9.53 Å². The molecule has 2 rings (SSSR count). The summed E-state index contributed by atoms with van der Waals surface area (Å²) < 4.78 is 5.97. The van der Waals surface area contributed by atoms with Crippen LogP contribution in [0, 0.1) is 0 Å². The molecule has 108 valence electrons. The third kappa shape index (κ3) is 2.20. The summed E-state index contributed by atoms with van der Waals surface area (Å²) in [6.07, 6.45) is 1.15. The Labute approximate surface area is 123 Å². The molecule has 0 saturated heterocycles. The van der Waals surface area contributed by atoms with Crippen molar-refractivity contribution in [1.82, 2.24) is 0 Å². The second kappa shape index (κ2) is 5.28. The third-order valence-electron chi connectivity index (χ3n) is 3.70. The van der Waals surface area contributed by atoms with Crippen molar-refractivity contribution in [2.75, 3.05) is 17.2 Å². The van der Waals surface area contributed by atoms with Crippen LogP contribution < -0.4 is 21.1 Å². The van der Waals surface area contributed by atoms with Gasteiger partial charge in [-0.25, -0.2) is 0 Å². The molecule has 0 atom stereocenters. The minimum absolute atomic E-state index is 0.138. The highest BCUT2D eigenvalue weighted by atomic mass is 32.1. The normalized spacial score (nSPS) is 16.5. The largest absolute Gasteiger partial charge is 0.475 e. The molecule has 1 aliphatic rings. The minimum atomic E-state index is -0.869. The molecule has 0 unspecified atom stereocenters. The summed E-state index contributed by atoms with van der Waals surface area (Å²) >= 11 is 4.95. The first-order valence-corrected chi connectivity index (χ1v) is 7.03. The molecule has 0 aliphatic carbocycles. The maximum Gasteiger partial charge on any atom is 0.271 e. The Morgan fingerprint density at radius 2 is 2.05 bits per heavy atom. The molecule has 5 nitrogen and oxygen atoms in total. The number of carbonyl (C=O) groups is 1. The first-order chi connectivity index (χ1) is 9.45. The van der Waals surface area contributed by atoms with Gasteiger partial charge in [0.25, 0.3) is 5.91 Å². The zero-order valence-corrected chi connectivity index (χ0v) is 12.5. The van der Waals surface area contributed by atoms with Crippen molar-refractivity contribution in [1.29, 1.82) is 0 Å². The Balaban J connectivity index is 2.59. The zero-order chi connectivity index (χ0) is 14.9. The first kappa shape index (κ1) is 14.6. The number of hydrogen-bond acceptors (Lipinski definition) is 4. The number of hydrogen-bond donors (Lipinski definition) is 2. The van der Waals surface area contributed by atoms with Crippen LogP contribution in [0.2, 0.25) is 0 Å². The van der Waals surface area contributed by atoms with Gasteiger partial charge >= 0.3 is 0 Å². The molecule has 4 N–H and O–H groups in total. The molecule has 0 bridgehead atoms. The molecule has 0 saturated carbocycles. The lowest BCUT2D eigenvalue weighted by molar-refractivity contribution is -0.136. The molecule has 1 aromatic carbocycles. The fourth-order valence-corrected chi connectivity index (χ4v) is 2.64. The summed E-state index contributed by atoms with van der Waals surface area (Å²) in [7, 11) is 0. The van der Waals surface area contributed by atoms with Gasteiger partial charge in [0, 0.05) is 0 Å². The highest BCUT2D eigenvalue weighted by Crippen LogP contribution is 2.43. The van der Waals surface area contributed by atoms with Gasteiger partial charge in [-0.3, -0.25) is 9.69 Å². The highest BCUT2D eigenvalue weighted by molar-refractivity contribution is 7.80.